The van der Waals surface area contributed by atoms with Crippen LogP contribution in [0.1, 0.15) is 48.5 Å². The predicted molar refractivity (Wildman–Crippen MR) is 110 cm³/mol. The van der Waals surface area contributed by atoms with Crippen molar-refractivity contribution in [3.8, 4) is 11.6 Å². The van der Waals surface area contributed by atoms with Crippen molar-refractivity contribution in [1.82, 2.24) is 20.1 Å². The van der Waals surface area contributed by atoms with Crippen LogP contribution in [0.15, 0.2) is 30.3 Å². The normalized spacial score (nSPS) is 14.6. The Bertz CT molecular complexity index is 1060. The van der Waals surface area contributed by atoms with Crippen molar-refractivity contribution in [2.75, 3.05) is 13.7 Å². The van der Waals surface area contributed by atoms with E-state index in [1.165, 1.54) is 12.8 Å². The lowest BCUT2D eigenvalue weighted by atomic mass is 10.1. The van der Waals surface area contributed by atoms with Gasteiger partial charge in [0.15, 0.2) is 12.3 Å². The van der Waals surface area contributed by atoms with Crippen LogP contribution in [0, 0.1) is 6.92 Å². The standard InChI is InChI=1S/C22H26N4O3/c1-13-10-19(24-22-20(13)21(15-8-9-15)25-26(22)3)29-12-18(27)23-14(2)16-6-5-7-17(11-16)28-4/h5-7,10-11,14-15H,8-9,12H2,1-4H3,(H,23,27). The average Bonchev–Trinajstić information content (AvgIpc) is 3.50. The Balaban J connectivity index is 1.42. The summed E-state index contributed by atoms with van der Waals surface area (Å²) >= 11 is 0. The Kier molecular flexibility index (Phi) is 5.13. The molecule has 1 aromatic carbocycles. The van der Waals surface area contributed by atoms with Crippen LogP contribution in [-0.4, -0.2) is 34.4 Å². The van der Waals surface area contributed by atoms with Crippen LogP contribution in [0.5, 0.6) is 11.6 Å². The number of methoxy groups -OCH3 is 1. The molecule has 0 spiro atoms. The molecule has 3 aromatic rings. The van der Waals surface area contributed by atoms with Gasteiger partial charge < -0.3 is 14.8 Å². The second-order valence-electron chi connectivity index (χ2n) is 7.61. The predicted octanol–water partition coefficient (Wildman–Crippen LogP) is 3.42. The molecule has 1 saturated carbocycles. The third-order valence-electron chi connectivity index (χ3n) is 5.28. The van der Waals surface area contributed by atoms with Crippen LogP contribution in [0.2, 0.25) is 0 Å². The van der Waals surface area contributed by atoms with E-state index in [-0.39, 0.29) is 18.6 Å². The molecular formula is C22H26N4O3. The Morgan fingerprint density at radius 2 is 2.14 bits per heavy atom. The summed E-state index contributed by atoms with van der Waals surface area (Å²) < 4.78 is 12.7. The van der Waals surface area contributed by atoms with Gasteiger partial charge in [0, 0.05) is 24.4 Å². The lowest BCUT2D eigenvalue weighted by Gasteiger charge is -2.15. The van der Waals surface area contributed by atoms with E-state index in [2.05, 4.69) is 15.4 Å². The quantitative estimate of drug-likeness (QED) is 0.664. The highest BCUT2D eigenvalue weighted by molar-refractivity contribution is 5.84. The molecule has 1 unspecified atom stereocenters. The van der Waals surface area contributed by atoms with Gasteiger partial charge in [-0.1, -0.05) is 12.1 Å². The van der Waals surface area contributed by atoms with Crippen molar-refractivity contribution in [3.63, 3.8) is 0 Å². The summed E-state index contributed by atoms with van der Waals surface area (Å²) in [5.41, 5.74) is 3.97. The molecule has 2 heterocycles. The molecule has 0 saturated heterocycles. The third-order valence-corrected chi connectivity index (χ3v) is 5.28. The van der Waals surface area contributed by atoms with E-state index in [1.807, 2.05) is 51.2 Å². The lowest BCUT2D eigenvalue weighted by molar-refractivity contribution is -0.123. The molecule has 7 heteroatoms. The summed E-state index contributed by atoms with van der Waals surface area (Å²) in [5.74, 6) is 1.54. The maximum atomic E-state index is 12.4. The molecular weight excluding hydrogens is 368 g/mol. The van der Waals surface area contributed by atoms with E-state index < -0.39 is 0 Å². The number of aryl methyl sites for hydroxylation is 2. The molecule has 1 aliphatic rings. The van der Waals surface area contributed by atoms with Crippen molar-refractivity contribution < 1.29 is 14.3 Å². The minimum Gasteiger partial charge on any atom is -0.497 e. The van der Waals surface area contributed by atoms with E-state index in [0.717, 1.165) is 33.6 Å². The smallest absolute Gasteiger partial charge is 0.258 e. The van der Waals surface area contributed by atoms with Crippen molar-refractivity contribution in [3.05, 3.63) is 47.2 Å². The summed E-state index contributed by atoms with van der Waals surface area (Å²) in [6, 6.07) is 9.36. The molecule has 1 atom stereocenters. The number of rotatable bonds is 7. The number of hydrogen-bond donors (Lipinski definition) is 1. The van der Waals surface area contributed by atoms with E-state index in [9.17, 15) is 4.79 Å². The maximum Gasteiger partial charge on any atom is 0.258 e. The summed E-state index contributed by atoms with van der Waals surface area (Å²) in [6.07, 6.45) is 2.38. The van der Waals surface area contributed by atoms with E-state index in [4.69, 9.17) is 9.47 Å². The van der Waals surface area contributed by atoms with E-state index in [1.54, 1.807) is 11.8 Å². The summed E-state index contributed by atoms with van der Waals surface area (Å²) in [4.78, 5) is 16.9. The van der Waals surface area contributed by atoms with E-state index in [0.29, 0.717) is 11.8 Å². The molecule has 1 aliphatic carbocycles. The Morgan fingerprint density at radius 1 is 1.34 bits per heavy atom. The van der Waals surface area contributed by atoms with Gasteiger partial charge >= 0.3 is 0 Å². The molecule has 29 heavy (non-hydrogen) atoms. The lowest BCUT2D eigenvalue weighted by Crippen LogP contribution is -2.31. The summed E-state index contributed by atoms with van der Waals surface area (Å²) in [7, 11) is 3.52. The number of hydrogen-bond acceptors (Lipinski definition) is 5. The Hall–Kier alpha value is -3.09. The average molecular weight is 394 g/mol. The highest BCUT2D eigenvalue weighted by Gasteiger charge is 2.30. The Labute approximate surface area is 170 Å². The SMILES string of the molecule is COc1cccc(C(C)NC(=O)COc2cc(C)c3c(C4CC4)nn(C)c3n2)c1. The molecule has 1 amide bonds. The molecule has 7 nitrogen and oxygen atoms in total. The molecule has 4 rings (SSSR count). The number of carbonyl (C=O) groups is 1. The number of ether oxygens (including phenoxy) is 2. The van der Waals surface area contributed by atoms with Gasteiger partial charge in [-0.05, 0) is 49.9 Å². The fourth-order valence-corrected chi connectivity index (χ4v) is 3.57. The van der Waals surface area contributed by atoms with Crippen LogP contribution in [0.25, 0.3) is 11.0 Å². The number of amides is 1. The second-order valence-corrected chi connectivity index (χ2v) is 7.61. The fraction of sp³-hybridized carbons (Fsp3) is 0.409. The first kappa shape index (κ1) is 19.2. The highest BCUT2D eigenvalue weighted by atomic mass is 16.5. The van der Waals surface area contributed by atoms with Crippen molar-refractivity contribution >= 4 is 16.9 Å². The Morgan fingerprint density at radius 3 is 2.86 bits per heavy atom. The number of fused-ring (bicyclic) bond motifs is 1. The zero-order chi connectivity index (χ0) is 20.5. The van der Waals surface area contributed by atoms with Crippen molar-refractivity contribution in [2.45, 2.75) is 38.6 Å². The van der Waals surface area contributed by atoms with Gasteiger partial charge in [-0.3, -0.25) is 9.48 Å². The number of benzene rings is 1. The van der Waals surface area contributed by atoms with Crippen LogP contribution < -0.4 is 14.8 Å². The fourth-order valence-electron chi connectivity index (χ4n) is 3.57. The second kappa shape index (κ2) is 7.73. The van der Waals surface area contributed by atoms with Crippen molar-refractivity contribution in [1.29, 1.82) is 0 Å². The number of carbonyl (C=O) groups excluding carboxylic acids is 1. The summed E-state index contributed by atoms with van der Waals surface area (Å²) in [5, 5.41) is 8.70. The molecule has 0 bridgehead atoms. The number of nitrogens with zero attached hydrogens (tertiary/aromatic N) is 3. The third kappa shape index (κ3) is 4.04. The van der Waals surface area contributed by atoms with Gasteiger partial charge in [-0.2, -0.15) is 10.1 Å². The van der Waals surface area contributed by atoms with E-state index >= 15 is 0 Å². The van der Waals surface area contributed by atoms with Gasteiger partial charge in [0.2, 0.25) is 5.88 Å². The zero-order valence-electron chi connectivity index (χ0n) is 17.2. The van der Waals surface area contributed by atoms with Crippen molar-refractivity contribution in [2.24, 2.45) is 7.05 Å². The van der Waals surface area contributed by atoms with Gasteiger partial charge in [0.25, 0.3) is 5.91 Å². The minimum absolute atomic E-state index is 0.0976. The first-order valence-electron chi connectivity index (χ1n) is 9.86. The van der Waals surface area contributed by atoms with Gasteiger partial charge in [0.05, 0.1) is 18.8 Å². The van der Waals surface area contributed by atoms with Crippen LogP contribution in [0.4, 0.5) is 0 Å². The zero-order valence-corrected chi connectivity index (χ0v) is 17.2. The maximum absolute atomic E-state index is 12.4. The summed E-state index contributed by atoms with van der Waals surface area (Å²) in [6.45, 7) is 3.87. The molecule has 152 valence electrons. The van der Waals surface area contributed by atoms with Crippen LogP contribution >= 0.6 is 0 Å². The highest BCUT2D eigenvalue weighted by Crippen LogP contribution is 2.43. The molecule has 2 aromatic heterocycles. The molecule has 1 N–H and O–H groups in total. The molecule has 1 fully saturated rings. The number of nitrogens with one attached hydrogen (secondary N) is 1. The first-order chi connectivity index (χ1) is 14.0. The largest absolute Gasteiger partial charge is 0.497 e. The van der Waals surface area contributed by atoms with Crippen LogP contribution in [0.3, 0.4) is 0 Å². The number of aromatic nitrogens is 3. The minimum atomic E-state index is -0.205. The molecule has 0 radical (unpaired) electrons. The topological polar surface area (TPSA) is 78.3 Å². The van der Waals surface area contributed by atoms with Gasteiger partial charge in [-0.15, -0.1) is 0 Å². The first-order valence-corrected chi connectivity index (χ1v) is 9.86. The molecule has 0 aliphatic heterocycles. The van der Waals surface area contributed by atoms with Gasteiger partial charge in [-0.25, -0.2) is 0 Å². The monoisotopic (exact) mass is 394 g/mol. The van der Waals surface area contributed by atoms with Crippen LogP contribution in [-0.2, 0) is 11.8 Å². The number of pyridine rings is 1. The van der Waals surface area contributed by atoms with Gasteiger partial charge in [0.1, 0.15) is 5.75 Å².